The fourth-order valence-corrected chi connectivity index (χ4v) is 1.26. The van der Waals surface area contributed by atoms with E-state index in [4.69, 9.17) is 0 Å². The number of ketones is 2. The SMILES string of the molecule is CC(=O)CC(=O)c1ccc(F)cc1C. The van der Waals surface area contributed by atoms with Crippen LogP contribution in [0.4, 0.5) is 4.39 Å². The zero-order valence-corrected chi connectivity index (χ0v) is 8.13. The Bertz CT molecular complexity index is 383. The molecule has 1 rings (SSSR count). The second-order valence-corrected chi connectivity index (χ2v) is 3.26. The van der Waals surface area contributed by atoms with Crippen LogP contribution >= 0.6 is 0 Å². The fraction of sp³-hybridized carbons (Fsp3) is 0.273. The zero-order valence-electron chi connectivity index (χ0n) is 8.13. The lowest BCUT2D eigenvalue weighted by atomic mass is 10.0. The predicted molar refractivity (Wildman–Crippen MR) is 50.8 cm³/mol. The molecule has 0 atom stereocenters. The van der Waals surface area contributed by atoms with E-state index in [0.29, 0.717) is 11.1 Å². The molecule has 1 aromatic rings. The molecule has 0 spiro atoms. The highest BCUT2D eigenvalue weighted by atomic mass is 19.1. The monoisotopic (exact) mass is 194 g/mol. The molecule has 0 aliphatic carbocycles. The molecule has 1 aromatic carbocycles. The summed E-state index contributed by atoms with van der Waals surface area (Å²) in [5.41, 5.74) is 0.984. The first-order valence-electron chi connectivity index (χ1n) is 4.29. The Labute approximate surface area is 81.7 Å². The highest BCUT2D eigenvalue weighted by molar-refractivity contribution is 6.08. The highest BCUT2D eigenvalue weighted by Gasteiger charge is 2.11. The highest BCUT2D eigenvalue weighted by Crippen LogP contribution is 2.12. The quantitative estimate of drug-likeness (QED) is 0.546. The van der Waals surface area contributed by atoms with Crippen LogP contribution in [0.2, 0.25) is 0 Å². The van der Waals surface area contributed by atoms with E-state index in [1.165, 1.54) is 25.1 Å². The normalized spacial score (nSPS) is 9.93. The average molecular weight is 194 g/mol. The third kappa shape index (κ3) is 2.49. The van der Waals surface area contributed by atoms with Crippen molar-refractivity contribution in [3.63, 3.8) is 0 Å². The lowest BCUT2D eigenvalue weighted by Crippen LogP contribution is -2.06. The van der Waals surface area contributed by atoms with Gasteiger partial charge in [0.2, 0.25) is 0 Å². The van der Waals surface area contributed by atoms with Crippen LogP contribution in [0, 0.1) is 12.7 Å². The number of aryl methyl sites for hydroxylation is 1. The molecule has 0 aliphatic heterocycles. The number of Topliss-reactive ketones (excluding diaryl/α,β-unsaturated/α-hetero) is 2. The van der Waals surface area contributed by atoms with Crippen LogP contribution < -0.4 is 0 Å². The number of hydrogen-bond acceptors (Lipinski definition) is 2. The van der Waals surface area contributed by atoms with Gasteiger partial charge in [0.25, 0.3) is 0 Å². The van der Waals surface area contributed by atoms with Gasteiger partial charge in [-0.2, -0.15) is 0 Å². The Morgan fingerprint density at radius 2 is 2.00 bits per heavy atom. The van der Waals surface area contributed by atoms with Crippen LogP contribution in [-0.4, -0.2) is 11.6 Å². The van der Waals surface area contributed by atoms with Gasteiger partial charge in [0.15, 0.2) is 5.78 Å². The molecule has 0 radical (unpaired) electrons. The summed E-state index contributed by atoms with van der Waals surface area (Å²) in [6, 6.07) is 3.92. The fourth-order valence-electron chi connectivity index (χ4n) is 1.26. The van der Waals surface area contributed by atoms with Gasteiger partial charge in [-0.15, -0.1) is 0 Å². The first kappa shape index (κ1) is 10.6. The second kappa shape index (κ2) is 4.13. The molecule has 0 saturated carbocycles. The molecule has 2 nitrogen and oxygen atoms in total. The first-order chi connectivity index (χ1) is 6.50. The van der Waals surface area contributed by atoms with E-state index < -0.39 is 0 Å². The van der Waals surface area contributed by atoms with E-state index in [-0.39, 0.29) is 23.8 Å². The molecule has 74 valence electrons. The van der Waals surface area contributed by atoms with E-state index in [1.54, 1.807) is 6.92 Å². The third-order valence-corrected chi connectivity index (χ3v) is 1.90. The minimum atomic E-state index is -0.373. The Morgan fingerprint density at radius 1 is 1.36 bits per heavy atom. The van der Waals surface area contributed by atoms with Gasteiger partial charge in [0.1, 0.15) is 11.6 Å². The van der Waals surface area contributed by atoms with Gasteiger partial charge in [-0.1, -0.05) is 0 Å². The second-order valence-electron chi connectivity index (χ2n) is 3.26. The van der Waals surface area contributed by atoms with Crippen LogP contribution in [0.1, 0.15) is 29.3 Å². The molecule has 0 unspecified atom stereocenters. The lowest BCUT2D eigenvalue weighted by Gasteiger charge is -2.02. The third-order valence-electron chi connectivity index (χ3n) is 1.90. The molecule has 0 aliphatic rings. The van der Waals surface area contributed by atoms with Crippen molar-refractivity contribution in [3.05, 3.63) is 35.1 Å². The van der Waals surface area contributed by atoms with Crippen LogP contribution in [0.25, 0.3) is 0 Å². The minimum Gasteiger partial charge on any atom is -0.300 e. The molecule has 3 heteroatoms. The van der Waals surface area contributed by atoms with E-state index >= 15 is 0 Å². The van der Waals surface area contributed by atoms with Gasteiger partial charge < -0.3 is 0 Å². The van der Waals surface area contributed by atoms with E-state index in [1.807, 2.05) is 0 Å². The van der Waals surface area contributed by atoms with Crippen molar-refractivity contribution in [1.82, 2.24) is 0 Å². The van der Waals surface area contributed by atoms with Gasteiger partial charge in [-0.05, 0) is 37.6 Å². The maximum absolute atomic E-state index is 12.7. The molecular formula is C11H11FO2. The summed E-state index contributed by atoms with van der Waals surface area (Å²) in [5, 5.41) is 0. The number of rotatable bonds is 3. The molecule has 0 heterocycles. The molecule has 0 fully saturated rings. The predicted octanol–water partition coefficient (Wildman–Crippen LogP) is 2.30. The molecule has 0 bridgehead atoms. The van der Waals surface area contributed by atoms with Crippen molar-refractivity contribution < 1.29 is 14.0 Å². The summed E-state index contributed by atoms with van der Waals surface area (Å²) in [4.78, 5) is 22.2. The maximum atomic E-state index is 12.7. The largest absolute Gasteiger partial charge is 0.300 e. The molecule has 0 aromatic heterocycles. The average Bonchev–Trinajstić information content (AvgIpc) is 2.01. The summed E-state index contributed by atoms with van der Waals surface area (Å²) in [6.07, 6.45) is -0.119. The Kier molecular flexibility index (Phi) is 3.12. The Balaban J connectivity index is 2.96. The lowest BCUT2D eigenvalue weighted by molar-refractivity contribution is -0.116. The Morgan fingerprint density at radius 3 is 2.50 bits per heavy atom. The smallest absolute Gasteiger partial charge is 0.170 e. The van der Waals surface area contributed by atoms with Gasteiger partial charge in [0.05, 0.1) is 6.42 Å². The van der Waals surface area contributed by atoms with Gasteiger partial charge in [-0.25, -0.2) is 4.39 Å². The van der Waals surface area contributed by atoms with Crippen molar-refractivity contribution in [3.8, 4) is 0 Å². The summed E-state index contributed by atoms with van der Waals surface area (Å²) in [6.45, 7) is 3.01. The number of halogens is 1. The number of carbonyl (C=O) groups excluding carboxylic acids is 2. The van der Waals surface area contributed by atoms with Crippen LogP contribution in [0.5, 0.6) is 0 Å². The molecule has 0 saturated heterocycles. The summed E-state index contributed by atoms with van der Waals surface area (Å²) >= 11 is 0. The van der Waals surface area contributed by atoms with Crippen LogP contribution in [0.15, 0.2) is 18.2 Å². The molecule has 0 amide bonds. The zero-order chi connectivity index (χ0) is 10.7. The maximum Gasteiger partial charge on any atom is 0.170 e. The van der Waals surface area contributed by atoms with E-state index in [2.05, 4.69) is 0 Å². The van der Waals surface area contributed by atoms with Crippen LogP contribution in [-0.2, 0) is 4.79 Å². The van der Waals surface area contributed by atoms with Crippen LogP contribution in [0.3, 0.4) is 0 Å². The first-order valence-corrected chi connectivity index (χ1v) is 4.29. The van der Waals surface area contributed by atoms with Crippen molar-refractivity contribution in [2.45, 2.75) is 20.3 Å². The Hall–Kier alpha value is -1.51. The van der Waals surface area contributed by atoms with Crippen molar-refractivity contribution >= 4 is 11.6 Å². The summed E-state index contributed by atoms with van der Waals surface area (Å²) in [5.74, 6) is -0.810. The van der Waals surface area contributed by atoms with Crippen molar-refractivity contribution in [1.29, 1.82) is 0 Å². The number of benzene rings is 1. The van der Waals surface area contributed by atoms with Gasteiger partial charge in [0, 0.05) is 5.56 Å². The molecule has 0 N–H and O–H groups in total. The number of hydrogen-bond donors (Lipinski definition) is 0. The van der Waals surface area contributed by atoms with Crippen molar-refractivity contribution in [2.24, 2.45) is 0 Å². The molecule has 14 heavy (non-hydrogen) atoms. The number of carbonyl (C=O) groups is 2. The van der Waals surface area contributed by atoms with Gasteiger partial charge in [-0.3, -0.25) is 9.59 Å². The molecular weight excluding hydrogens is 183 g/mol. The standard InChI is InChI=1S/C11H11FO2/c1-7-5-9(12)3-4-10(7)11(14)6-8(2)13/h3-5H,6H2,1-2H3. The summed E-state index contributed by atoms with van der Waals surface area (Å²) < 4.78 is 12.7. The van der Waals surface area contributed by atoms with E-state index in [9.17, 15) is 14.0 Å². The minimum absolute atomic E-state index is 0.119. The van der Waals surface area contributed by atoms with Gasteiger partial charge >= 0.3 is 0 Å². The topological polar surface area (TPSA) is 34.1 Å². The van der Waals surface area contributed by atoms with Crippen molar-refractivity contribution in [2.75, 3.05) is 0 Å². The van der Waals surface area contributed by atoms with E-state index in [0.717, 1.165) is 0 Å². The summed E-state index contributed by atoms with van der Waals surface area (Å²) in [7, 11) is 0.